The van der Waals surface area contributed by atoms with Crippen molar-refractivity contribution < 1.29 is 18.6 Å². The van der Waals surface area contributed by atoms with Crippen molar-refractivity contribution in [2.24, 2.45) is 0 Å². The van der Waals surface area contributed by atoms with Gasteiger partial charge in [0, 0.05) is 13.1 Å². The average molecular weight is 265 g/mol. The Bertz CT molecular complexity index is 603. The Morgan fingerprint density at radius 2 is 2.11 bits per heavy atom. The summed E-state index contributed by atoms with van der Waals surface area (Å²) in [6.45, 7) is 1.71. The van der Waals surface area contributed by atoms with Crippen LogP contribution in [0.15, 0.2) is 15.1 Å². The predicted molar refractivity (Wildman–Crippen MR) is 61.3 cm³/mol. The molecule has 0 saturated carbocycles. The fraction of sp³-hybridized carbons (Fsp3) is 0.300. The molecule has 0 aromatic carbocycles. The maximum Gasteiger partial charge on any atom is 0.315 e. The molecule has 2 aromatic rings. The molecule has 0 aliphatic carbocycles. The summed E-state index contributed by atoms with van der Waals surface area (Å²) in [4.78, 5) is 26.6. The van der Waals surface area contributed by atoms with Crippen molar-refractivity contribution in [2.45, 2.75) is 13.3 Å². The Kier molecular flexibility index (Phi) is 3.55. The topological polar surface area (TPSA) is 123 Å². The fourth-order valence-corrected chi connectivity index (χ4v) is 1.28. The van der Waals surface area contributed by atoms with Crippen molar-refractivity contribution in [3.63, 3.8) is 0 Å². The Labute approximate surface area is 107 Å². The van der Waals surface area contributed by atoms with Gasteiger partial charge < -0.3 is 19.7 Å². The van der Waals surface area contributed by atoms with Crippen LogP contribution in [-0.4, -0.2) is 34.2 Å². The number of carbonyl (C=O) groups is 2. The lowest BCUT2D eigenvalue weighted by Gasteiger charge is -1.96. The molecule has 9 nitrogen and oxygen atoms in total. The van der Waals surface area contributed by atoms with Crippen molar-refractivity contribution >= 4 is 17.6 Å². The predicted octanol–water partition coefficient (Wildman–Crippen LogP) is -0.0932. The van der Waals surface area contributed by atoms with Crippen LogP contribution in [0.1, 0.15) is 22.3 Å². The zero-order valence-electron chi connectivity index (χ0n) is 10.3. The Morgan fingerprint density at radius 1 is 1.32 bits per heavy atom. The summed E-state index contributed by atoms with van der Waals surface area (Å²) < 4.78 is 9.48. The molecule has 2 amide bonds. The molecule has 19 heavy (non-hydrogen) atoms. The van der Waals surface area contributed by atoms with Crippen molar-refractivity contribution in [3.8, 4) is 0 Å². The molecule has 9 heteroatoms. The molecule has 0 bridgehead atoms. The second kappa shape index (κ2) is 5.29. The molecule has 0 atom stereocenters. The van der Waals surface area contributed by atoms with E-state index in [9.17, 15) is 9.59 Å². The van der Waals surface area contributed by atoms with Crippen LogP contribution in [0.2, 0.25) is 0 Å². The van der Waals surface area contributed by atoms with Crippen molar-refractivity contribution in [3.05, 3.63) is 23.5 Å². The first-order valence-corrected chi connectivity index (χ1v) is 5.36. The van der Waals surface area contributed by atoms with Gasteiger partial charge in [-0.05, 0) is 6.92 Å². The zero-order chi connectivity index (χ0) is 13.8. The van der Waals surface area contributed by atoms with Gasteiger partial charge in [0.05, 0.1) is 6.42 Å². The van der Waals surface area contributed by atoms with Gasteiger partial charge in [-0.25, -0.2) is 0 Å². The minimum Gasteiger partial charge on any atom is -0.360 e. The lowest BCUT2D eigenvalue weighted by Crippen LogP contribution is -2.18. The zero-order valence-corrected chi connectivity index (χ0v) is 10.3. The number of aromatic nitrogens is 3. The molecule has 0 radical (unpaired) electrons. The highest BCUT2D eigenvalue weighted by molar-refractivity contribution is 5.91. The Morgan fingerprint density at radius 3 is 2.74 bits per heavy atom. The summed E-state index contributed by atoms with van der Waals surface area (Å²) in [6.07, 6.45) is -0.133. The maximum atomic E-state index is 11.6. The highest BCUT2D eigenvalue weighted by Crippen LogP contribution is 2.07. The van der Waals surface area contributed by atoms with Gasteiger partial charge in [0.2, 0.25) is 5.91 Å². The van der Waals surface area contributed by atoms with E-state index in [1.54, 1.807) is 13.0 Å². The molecule has 0 fully saturated rings. The largest absolute Gasteiger partial charge is 0.360 e. The van der Waals surface area contributed by atoms with E-state index in [1.807, 2.05) is 0 Å². The molecule has 2 rings (SSSR count). The molecule has 0 saturated heterocycles. The highest BCUT2D eigenvalue weighted by Gasteiger charge is 2.16. The van der Waals surface area contributed by atoms with Crippen LogP contribution in [0.3, 0.4) is 0 Å². The lowest BCUT2D eigenvalue weighted by molar-refractivity contribution is -0.115. The van der Waals surface area contributed by atoms with Gasteiger partial charge in [0.1, 0.15) is 5.76 Å². The first-order valence-electron chi connectivity index (χ1n) is 5.36. The number of hydrogen-bond donors (Lipinski definition) is 2. The third-order valence-corrected chi connectivity index (χ3v) is 2.10. The van der Waals surface area contributed by atoms with Crippen molar-refractivity contribution in [1.29, 1.82) is 0 Å². The molecule has 0 spiro atoms. The van der Waals surface area contributed by atoms with Crippen LogP contribution >= 0.6 is 0 Å². The van der Waals surface area contributed by atoms with Crippen molar-refractivity contribution in [1.82, 2.24) is 20.6 Å². The summed E-state index contributed by atoms with van der Waals surface area (Å²) in [6, 6.07) is 1.57. The molecular formula is C10H11N5O4. The van der Waals surface area contributed by atoms with Crippen LogP contribution in [0, 0.1) is 6.92 Å². The van der Waals surface area contributed by atoms with Crippen LogP contribution in [0.25, 0.3) is 0 Å². The molecule has 100 valence electrons. The van der Waals surface area contributed by atoms with E-state index in [-0.39, 0.29) is 18.1 Å². The van der Waals surface area contributed by atoms with Gasteiger partial charge >= 0.3 is 11.8 Å². The third kappa shape index (κ3) is 3.15. The number of amides is 2. The van der Waals surface area contributed by atoms with Gasteiger partial charge in [0.15, 0.2) is 11.6 Å². The summed E-state index contributed by atoms with van der Waals surface area (Å²) in [7, 11) is 1.44. The first-order chi connectivity index (χ1) is 9.08. The minimum absolute atomic E-state index is 0.108. The van der Waals surface area contributed by atoms with E-state index in [1.165, 1.54) is 7.05 Å². The summed E-state index contributed by atoms with van der Waals surface area (Å²) in [5.41, 5.74) is 0. The second-order valence-electron chi connectivity index (χ2n) is 3.64. The highest BCUT2D eigenvalue weighted by atomic mass is 16.5. The number of nitrogens with zero attached hydrogens (tertiary/aromatic N) is 3. The molecular weight excluding hydrogens is 254 g/mol. The summed E-state index contributed by atoms with van der Waals surface area (Å²) >= 11 is 0. The number of nitrogens with one attached hydrogen (secondary N) is 2. The number of anilines is 1. The normalized spacial score (nSPS) is 10.2. The minimum atomic E-state index is -0.508. The van der Waals surface area contributed by atoms with E-state index in [2.05, 4.69) is 30.5 Å². The molecule has 0 unspecified atom stereocenters. The SMILES string of the molecule is CNC(=O)c1nc(CC(=O)Nc2cc(C)on2)no1. The maximum absolute atomic E-state index is 11.6. The second-order valence-corrected chi connectivity index (χ2v) is 3.64. The van der Waals surface area contributed by atoms with Gasteiger partial charge in [-0.1, -0.05) is 10.3 Å². The van der Waals surface area contributed by atoms with E-state index >= 15 is 0 Å². The van der Waals surface area contributed by atoms with Gasteiger partial charge in [0.25, 0.3) is 0 Å². The van der Waals surface area contributed by atoms with Gasteiger partial charge in [-0.3, -0.25) is 9.59 Å². The first kappa shape index (κ1) is 12.7. The molecule has 2 heterocycles. The smallest absolute Gasteiger partial charge is 0.315 e. The fourth-order valence-electron chi connectivity index (χ4n) is 1.28. The molecule has 0 aliphatic heterocycles. The quantitative estimate of drug-likeness (QED) is 0.791. The van der Waals surface area contributed by atoms with Crippen LogP contribution < -0.4 is 10.6 Å². The molecule has 2 aromatic heterocycles. The number of aryl methyl sites for hydroxylation is 1. The summed E-state index contributed by atoms with van der Waals surface area (Å²) in [5.74, 6) is -0.1000. The van der Waals surface area contributed by atoms with E-state index in [0.717, 1.165) is 0 Å². The summed E-state index contributed by atoms with van der Waals surface area (Å²) in [5, 5.41) is 12.0. The monoisotopic (exact) mass is 265 g/mol. The number of carbonyl (C=O) groups excluding carboxylic acids is 2. The Balaban J connectivity index is 1.95. The number of rotatable bonds is 4. The standard InChI is InChI=1S/C10H11N5O4/c1-5-3-6(14-18-5)12-8(16)4-7-13-10(19-15-7)9(17)11-2/h3H,4H2,1-2H3,(H,11,17)(H,12,14,16). The average Bonchev–Trinajstić information content (AvgIpc) is 2.98. The Hall–Kier alpha value is -2.71. The van der Waals surface area contributed by atoms with Crippen molar-refractivity contribution in [2.75, 3.05) is 12.4 Å². The molecule has 0 aliphatic rings. The van der Waals surface area contributed by atoms with E-state index in [4.69, 9.17) is 4.52 Å². The van der Waals surface area contributed by atoms with Crippen LogP contribution in [-0.2, 0) is 11.2 Å². The lowest BCUT2D eigenvalue weighted by atomic mass is 10.3. The van der Waals surface area contributed by atoms with Crippen LogP contribution in [0.5, 0.6) is 0 Å². The third-order valence-electron chi connectivity index (χ3n) is 2.10. The molecule has 2 N–H and O–H groups in total. The number of hydrogen-bond acceptors (Lipinski definition) is 7. The van der Waals surface area contributed by atoms with Gasteiger partial charge in [-0.15, -0.1) is 0 Å². The van der Waals surface area contributed by atoms with Crippen LogP contribution in [0.4, 0.5) is 5.82 Å². The van der Waals surface area contributed by atoms with E-state index in [0.29, 0.717) is 11.6 Å². The van der Waals surface area contributed by atoms with Gasteiger partial charge in [-0.2, -0.15) is 4.98 Å². The van der Waals surface area contributed by atoms with E-state index < -0.39 is 11.8 Å².